The Bertz CT molecular complexity index is 506. The van der Waals surface area contributed by atoms with Crippen LogP contribution in [-0.2, 0) is 16.2 Å². The number of halogens is 1. The minimum Gasteiger partial charge on any atom is -1.00 e. The summed E-state index contributed by atoms with van der Waals surface area (Å²) in [5.74, 6) is 0. The number of rotatable bonds is 5. The number of hydrogen-bond donors (Lipinski definition) is 5. The van der Waals surface area contributed by atoms with Crippen LogP contribution in [0.25, 0.3) is 0 Å². The van der Waals surface area contributed by atoms with E-state index in [0.717, 1.165) is 0 Å². The molecular formula is C8H15ClN2O7P2. The van der Waals surface area contributed by atoms with E-state index >= 15 is 0 Å². The highest BCUT2D eigenvalue weighted by atomic mass is 35.5. The third-order valence-electron chi connectivity index (χ3n) is 2.42. The second kappa shape index (κ2) is 7.06. The van der Waals surface area contributed by atoms with Crippen LogP contribution < -0.4 is 17.0 Å². The molecule has 0 aromatic carbocycles. The molecule has 1 aromatic heterocycles. The summed E-state index contributed by atoms with van der Waals surface area (Å²) in [5.41, 5.74) is 0.0741. The van der Waals surface area contributed by atoms with E-state index in [4.69, 9.17) is 19.6 Å². The number of hydrogen-bond acceptors (Lipinski definition) is 4. The minimum absolute atomic E-state index is 0. The quantitative estimate of drug-likeness (QED) is 0.267. The Balaban J connectivity index is 0.00000361. The number of aryl methyl sites for hydroxylation is 1. The highest BCUT2D eigenvalue weighted by Gasteiger charge is 2.45. The summed E-state index contributed by atoms with van der Waals surface area (Å²) in [7, 11) is -8.40. The number of aliphatic hydroxyl groups excluding tert-OH is 1. The van der Waals surface area contributed by atoms with Crippen LogP contribution in [0.5, 0.6) is 0 Å². The second-order valence-electron chi connectivity index (χ2n) is 4.06. The first-order valence-electron chi connectivity index (χ1n) is 5.11. The Hall–Kier alpha value is -0.370. The normalized spacial score (nSPS) is 13.9. The molecule has 0 saturated heterocycles. The molecule has 0 spiro atoms. The van der Waals surface area contributed by atoms with Crippen molar-refractivity contribution in [3.05, 3.63) is 24.3 Å². The van der Waals surface area contributed by atoms with Gasteiger partial charge in [-0.15, -0.1) is 0 Å². The van der Waals surface area contributed by atoms with Gasteiger partial charge in [0.05, 0.1) is 13.2 Å². The Morgan fingerprint density at radius 1 is 1.25 bits per heavy atom. The average molecular weight is 349 g/mol. The molecule has 1 atom stereocenters. The van der Waals surface area contributed by atoms with Gasteiger partial charge >= 0.3 is 15.2 Å². The van der Waals surface area contributed by atoms with Crippen molar-refractivity contribution in [2.24, 2.45) is 7.05 Å². The van der Waals surface area contributed by atoms with Gasteiger partial charge in [-0.2, -0.15) is 0 Å². The number of aliphatic hydroxyl groups is 1. The van der Waals surface area contributed by atoms with E-state index in [2.05, 4.69) is 4.98 Å². The van der Waals surface area contributed by atoms with Gasteiger partial charge in [0.25, 0.3) is 6.33 Å². The summed E-state index contributed by atoms with van der Waals surface area (Å²) in [6.07, 6.45) is 0.624. The molecule has 1 rings (SSSR count). The van der Waals surface area contributed by atoms with Crippen molar-refractivity contribution in [3.63, 3.8) is 0 Å². The molecule has 20 heavy (non-hydrogen) atoms. The molecule has 0 aliphatic carbocycles. The molecule has 9 nitrogen and oxygen atoms in total. The van der Waals surface area contributed by atoms with Crippen LogP contribution in [0.3, 0.4) is 0 Å². The van der Waals surface area contributed by atoms with E-state index in [1.54, 1.807) is 11.6 Å². The Kier molecular flexibility index (Phi) is 6.93. The zero-order valence-electron chi connectivity index (χ0n) is 10.3. The summed E-state index contributed by atoms with van der Waals surface area (Å²) in [6.45, 7) is 0. The van der Waals surface area contributed by atoms with E-state index in [-0.39, 0.29) is 18.1 Å². The molecule has 12 heteroatoms. The zero-order valence-corrected chi connectivity index (χ0v) is 12.9. The second-order valence-corrected chi connectivity index (χ2v) is 8.07. The molecule has 5 N–H and O–H groups in total. The standard InChI is InChI=1S/C8H14N2O7P2.ClH/c1-10-3-2-6(9-5-10)7(11)4-8(18(12,13)14)19(15,16)17;/h2-3,5,7-8,11H,4H2,1H3,(H3-,12,13,14,15,16,17);1H. The molecule has 0 bridgehead atoms. The lowest BCUT2D eigenvalue weighted by molar-refractivity contribution is -0.674. The molecule has 1 aromatic rings. The van der Waals surface area contributed by atoms with Crippen LogP contribution in [0, 0.1) is 0 Å². The summed E-state index contributed by atoms with van der Waals surface area (Å²) < 4.78 is 23.7. The van der Waals surface area contributed by atoms with Gasteiger partial charge in [0.1, 0.15) is 6.10 Å². The number of nitrogens with zero attached hydrogens (tertiary/aromatic N) is 2. The van der Waals surface area contributed by atoms with Crippen molar-refractivity contribution >= 4 is 15.2 Å². The average Bonchev–Trinajstić information content (AvgIpc) is 2.23. The van der Waals surface area contributed by atoms with Crippen LogP contribution in [0.2, 0.25) is 0 Å². The lowest BCUT2D eigenvalue weighted by Gasteiger charge is -2.20. The van der Waals surface area contributed by atoms with Gasteiger partial charge in [-0.1, -0.05) is 4.98 Å². The van der Waals surface area contributed by atoms with Crippen LogP contribution >= 0.6 is 15.2 Å². The largest absolute Gasteiger partial charge is 1.00 e. The van der Waals surface area contributed by atoms with Crippen molar-refractivity contribution in [2.75, 3.05) is 0 Å². The lowest BCUT2D eigenvalue weighted by atomic mass is 10.2. The van der Waals surface area contributed by atoms with E-state index in [9.17, 15) is 14.2 Å². The van der Waals surface area contributed by atoms with Gasteiger partial charge in [0.15, 0.2) is 11.1 Å². The highest BCUT2D eigenvalue weighted by molar-refractivity contribution is 7.70. The predicted molar refractivity (Wildman–Crippen MR) is 62.9 cm³/mol. The molecular weight excluding hydrogens is 333 g/mol. The van der Waals surface area contributed by atoms with Crippen LogP contribution in [-0.4, -0.2) is 35.1 Å². The van der Waals surface area contributed by atoms with Crippen molar-refractivity contribution in [2.45, 2.75) is 17.9 Å². The van der Waals surface area contributed by atoms with E-state index in [0.29, 0.717) is 0 Å². The van der Waals surface area contributed by atoms with Crippen molar-refractivity contribution < 1.29 is 50.8 Å². The Morgan fingerprint density at radius 2 is 1.75 bits per heavy atom. The van der Waals surface area contributed by atoms with Gasteiger partial charge in [0.2, 0.25) is 0 Å². The van der Waals surface area contributed by atoms with Crippen LogP contribution in [0.15, 0.2) is 18.6 Å². The lowest BCUT2D eigenvalue weighted by Crippen LogP contribution is -3.00. The topological polar surface area (TPSA) is 152 Å². The summed E-state index contributed by atoms with van der Waals surface area (Å²) in [6, 6.07) is 1.39. The fourth-order valence-electron chi connectivity index (χ4n) is 1.42. The molecule has 0 fully saturated rings. The third kappa shape index (κ3) is 5.55. The molecule has 1 heterocycles. The first-order chi connectivity index (χ1) is 8.51. The maximum Gasteiger partial charge on any atom is 0.340 e. The monoisotopic (exact) mass is 348 g/mol. The van der Waals surface area contributed by atoms with Crippen molar-refractivity contribution in [3.8, 4) is 0 Å². The SMILES string of the molecule is C[n+]1ccc(C(O)CC(P(=O)(O)O)P(=O)(O)O)nc1.[Cl-]. The van der Waals surface area contributed by atoms with Crippen molar-refractivity contribution in [1.82, 2.24) is 4.98 Å². The maximum absolute atomic E-state index is 11.1. The Labute approximate surface area is 121 Å². The smallest absolute Gasteiger partial charge is 0.340 e. The maximum atomic E-state index is 11.1. The fourth-order valence-corrected chi connectivity index (χ4v) is 3.94. The van der Waals surface area contributed by atoms with E-state index in [1.165, 1.54) is 18.6 Å². The summed E-state index contributed by atoms with van der Waals surface area (Å²) >= 11 is 0. The summed E-state index contributed by atoms with van der Waals surface area (Å²) in [5, 5.41) is 7.51. The third-order valence-corrected chi connectivity index (χ3v) is 6.20. The van der Waals surface area contributed by atoms with E-state index < -0.39 is 33.1 Å². The van der Waals surface area contributed by atoms with Gasteiger partial charge in [0, 0.05) is 12.5 Å². The first kappa shape index (κ1) is 19.6. The molecule has 0 amide bonds. The fraction of sp³-hybridized carbons (Fsp3) is 0.500. The molecule has 0 aliphatic heterocycles. The first-order valence-corrected chi connectivity index (χ1v) is 8.48. The van der Waals surface area contributed by atoms with Crippen LogP contribution in [0.1, 0.15) is 18.2 Å². The van der Waals surface area contributed by atoms with Crippen LogP contribution in [0.4, 0.5) is 0 Å². The number of aromatic nitrogens is 2. The van der Waals surface area contributed by atoms with Gasteiger partial charge < -0.3 is 37.1 Å². The van der Waals surface area contributed by atoms with E-state index in [1.807, 2.05) is 0 Å². The van der Waals surface area contributed by atoms with Gasteiger partial charge in [-0.05, 0) is 0 Å². The predicted octanol–water partition coefficient (Wildman–Crippen LogP) is -3.98. The summed E-state index contributed by atoms with van der Waals surface area (Å²) in [4.78, 5) is 39.5. The van der Waals surface area contributed by atoms with Gasteiger partial charge in [-0.3, -0.25) is 9.13 Å². The molecule has 0 radical (unpaired) electrons. The molecule has 116 valence electrons. The van der Waals surface area contributed by atoms with Gasteiger partial charge in [-0.25, -0.2) is 4.57 Å². The molecule has 0 saturated carbocycles. The Morgan fingerprint density at radius 3 is 2.10 bits per heavy atom. The minimum atomic E-state index is -5.04. The highest BCUT2D eigenvalue weighted by Crippen LogP contribution is 2.62. The van der Waals surface area contributed by atoms with Crippen molar-refractivity contribution in [1.29, 1.82) is 0 Å². The molecule has 0 aliphatic rings. The zero-order chi connectivity index (χ0) is 14.8. The molecule has 1 unspecified atom stereocenters.